The van der Waals surface area contributed by atoms with E-state index in [2.05, 4.69) is 4.98 Å². The number of carbonyl (C=O) groups excluding carboxylic acids is 2. The molecule has 1 aliphatic rings. The Balaban J connectivity index is 1.32. The molecule has 2 aromatic heterocycles. The van der Waals surface area contributed by atoms with E-state index in [1.807, 2.05) is 23.6 Å². The zero-order valence-corrected chi connectivity index (χ0v) is 19.1. The quantitative estimate of drug-likeness (QED) is 0.491. The maximum atomic E-state index is 13.1. The van der Waals surface area contributed by atoms with Gasteiger partial charge in [0.05, 0.1) is 22.3 Å². The highest BCUT2D eigenvalue weighted by Gasteiger charge is 2.26. The summed E-state index contributed by atoms with van der Waals surface area (Å²) >= 11 is 1.42. The van der Waals surface area contributed by atoms with E-state index in [1.165, 1.54) is 15.9 Å². The van der Waals surface area contributed by atoms with Crippen molar-refractivity contribution in [3.8, 4) is 0 Å². The van der Waals surface area contributed by atoms with Gasteiger partial charge in [0.15, 0.2) is 0 Å². The van der Waals surface area contributed by atoms with Crippen LogP contribution in [0.4, 0.5) is 0 Å². The van der Waals surface area contributed by atoms with Crippen molar-refractivity contribution in [2.75, 3.05) is 26.2 Å². The molecular formula is C25H22N4O4S. The van der Waals surface area contributed by atoms with Gasteiger partial charge in [-0.2, -0.15) is 0 Å². The molecule has 4 aromatic rings. The van der Waals surface area contributed by atoms with Crippen molar-refractivity contribution < 1.29 is 9.59 Å². The Hall–Kier alpha value is -3.98. The number of para-hydroxylation sites is 1. The fourth-order valence-electron chi connectivity index (χ4n) is 4.24. The van der Waals surface area contributed by atoms with Gasteiger partial charge in [-0.3, -0.25) is 23.9 Å². The molecule has 2 amide bonds. The first-order valence-electron chi connectivity index (χ1n) is 10.9. The molecule has 1 aliphatic heterocycles. The first-order valence-corrected chi connectivity index (χ1v) is 11.8. The zero-order valence-electron chi connectivity index (χ0n) is 18.3. The highest BCUT2D eigenvalue weighted by Crippen LogP contribution is 2.16. The average molecular weight is 475 g/mol. The molecule has 9 heteroatoms. The Labute approximate surface area is 198 Å². The van der Waals surface area contributed by atoms with Crippen LogP contribution in [0, 0.1) is 0 Å². The monoisotopic (exact) mass is 474 g/mol. The van der Waals surface area contributed by atoms with Crippen molar-refractivity contribution in [2.45, 2.75) is 6.54 Å². The first kappa shape index (κ1) is 21.8. The number of carbonyl (C=O) groups is 2. The molecule has 2 aromatic carbocycles. The maximum absolute atomic E-state index is 13.1. The van der Waals surface area contributed by atoms with E-state index in [4.69, 9.17) is 0 Å². The molecule has 0 atom stereocenters. The molecule has 1 fully saturated rings. The number of thiophene rings is 1. The second-order valence-electron chi connectivity index (χ2n) is 8.12. The van der Waals surface area contributed by atoms with Gasteiger partial charge in [0, 0.05) is 31.7 Å². The molecule has 1 N–H and O–H groups in total. The lowest BCUT2D eigenvalue weighted by atomic mass is 10.1. The minimum atomic E-state index is -0.494. The average Bonchev–Trinajstić information content (AvgIpc) is 3.41. The van der Waals surface area contributed by atoms with Gasteiger partial charge in [-0.25, -0.2) is 4.79 Å². The van der Waals surface area contributed by atoms with Crippen molar-refractivity contribution in [2.24, 2.45) is 0 Å². The van der Waals surface area contributed by atoms with Crippen molar-refractivity contribution >= 4 is 34.1 Å². The van der Waals surface area contributed by atoms with Crippen molar-refractivity contribution in [1.82, 2.24) is 19.4 Å². The van der Waals surface area contributed by atoms with Crippen molar-refractivity contribution in [3.05, 3.63) is 103 Å². The lowest BCUT2D eigenvalue weighted by Gasteiger charge is -2.34. The molecule has 3 heterocycles. The summed E-state index contributed by atoms with van der Waals surface area (Å²) in [4.78, 5) is 56.9. The van der Waals surface area contributed by atoms with Gasteiger partial charge in [-0.1, -0.05) is 30.3 Å². The summed E-state index contributed by atoms with van der Waals surface area (Å²) in [6.45, 7) is 2.12. The van der Waals surface area contributed by atoms with Gasteiger partial charge in [-0.15, -0.1) is 11.3 Å². The minimum absolute atomic E-state index is 0.00247. The number of aromatic amines is 1. The molecule has 1 saturated heterocycles. The Bertz CT molecular complexity index is 1480. The lowest BCUT2D eigenvalue weighted by molar-refractivity contribution is 0.0538. The van der Waals surface area contributed by atoms with Gasteiger partial charge in [0.25, 0.3) is 17.4 Å². The standard InChI is InChI=1S/C25H22N4O4S/c30-22-19-7-1-2-8-20(19)29(25(33)26-22)16-17-5-3-6-18(15-17)23(31)27-10-12-28(13-11-27)24(32)21-9-4-14-34-21/h1-9,14-15H,10-13,16H2,(H,26,30,33). The second kappa shape index (κ2) is 9.11. The first-order chi connectivity index (χ1) is 16.5. The Morgan fingerprint density at radius 1 is 0.853 bits per heavy atom. The lowest BCUT2D eigenvalue weighted by Crippen LogP contribution is -2.50. The maximum Gasteiger partial charge on any atom is 0.329 e. The molecule has 8 nitrogen and oxygen atoms in total. The van der Waals surface area contributed by atoms with Gasteiger partial charge < -0.3 is 9.80 Å². The molecule has 0 spiro atoms. The largest absolute Gasteiger partial charge is 0.335 e. The number of rotatable bonds is 4. The van der Waals surface area contributed by atoms with Crippen LogP contribution in [0.5, 0.6) is 0 Å². The van der Waals surface area contributed by atoms with Crippen LogP contribution in [0.2, 0.25) is 0 Å². The van der Waals surface area contributed by atoms with E-state index in [0.717, 1.165) is 5.56 Å². The molecule has 0 aliphatic carbocycles. The van der Waals surface area contributed by atoms with E-state index in [9.17, 15) is 19.2 Å². The number of benzene rings is 2. The SMILES string of the molecule is O=C(c1cccc(Cn2c(=O)[nH]c(=O)c3ccccc32)c1)N1CCN(C(=O)c2cccs2)CC1. The number of aromatic nitrogens is 2. The van der Waals surface area contributed by atoms with Gasteiger partial charge in [0.1, 0.15) is 0 Å². The van der Waals surface area contributed by atoms with Crippen LogP contribution in [0.25, 0.3) is 10.9 Å². The fraction of sp³-hybridized carbons (Fsp3) is 0.200. The van der Waals surface area contributed by atoms with Gasteiger partial charge >= 0.3 is 5.69 Å². The van der Waals surface area contributed by atoms with E-state index in [1.54, 1.807) is 52.3 Å². The third kappa shape index (κ3) is 4.17. The second-order valence-corrected chi connectivity index (χ2v) is 9.07. The normalized spacial score (nSPS) is 13.9. The van der Waals surface area contributed by atoms with E-state index in [0.29, 0.717) is 47.5 Å². The number of nitrogens with zero attached hydrogens (tertiary/aromatic N) is 3. The number of hydrogen-bond acceptors (Lipinski definition) is 5. The highest BCUT2D eigenvalue weighted by atomic mass is 32.1. The molecular weight excluding hydrogens is 452 g/mol. The smallest absolute Gasteiger partial charge is 0.329 e. The predicted molar refractivity (Wildman–Crippen MR) is 130 cm³/mol. The van der Waals surface area contributed by atoms with E-state index < -0.39 is 11.2 Å². The van der Waals surface area contributed by atoms with Gasteiger partial charge in [0.2, 0.25) is 0 Å². The molecule has 172 valence electrons. The summed E-state index contributed by atoms with van der Waals surface area (Å²) in [5, 5.41) is 2.31. The van der Waals surface area contributed by atoms with Crippen LogP contribution in [-0.4, -0.2) is 57.3 Å². The van der Waals surface area contributed by atoms with Crippen molar-refractivity contribution in [3.63, 3.8) is 0 Å². The summed E-state index contributed by atoms with van der Waals surface area (Å²) in [5.41, 5.74) is 0.929. The Morgan fingerprint density at radius 3 is 2.32 bits per heavy atom. The molecule has 0 saturated carbocycles. The number of amides is 2. The van der Waals surface area contributed by atoms with E-state index >= 15 is 0 Å². The van der Waals surface area contributed by atoms with Crippen LogP contribution >= 0.6 is 11.3 Å². The van der Waals surface area contributed by atoms with Crippen molar-refractivity contribution in [1.29, 1.82) is 0 Å². The summed E-state index contributed by atoms with van der Waals surface area (Å²) in [6.07, 6.45) is 0. The predicted octanol–water partition coefficient (Wildman–Crippen LogP) is 2.40. The zero-order chi connectivity index (χ0) is 23.7. The Morgan fingerprint density at radius 2 is 1.59 bits per heavy atom. The molecule has 5 rings (SSSR count). The molecule has 0 radical (unpaired) electrons. The summed E-state index contributed by atoms with van der Waals surface area (Å²) in [7, 11) is 0. The Kier molecular flexibility index (Phi) is 5.85. The van der Waals surface area contributed by atoms with Crippen LogP contribution in [0.15, 0.2) is 75.6 Å². The molecule has 0 bridgehead atoms. The minimum Gasteiger partial charge on any atom is -0.335 e. The number of fused-ring (bicyclic) bond motifs is 1. The molecule has 0 unspecified atom stereocenters. The van der Waals surface area contributed by atoms with Gasteiger partial charge in [-0.05, 0) is 41.3 Å². The van der Waals surface area contributed by atoms with Crippen LogP contribution < -0.4 is 11.2 Å². The fourth-order valence-corrected chi connectivity index (χ4v) is 4.93. The third-order valence-electron chi connectivity index (χ3n) is 6.01. The topological polar surface area (TPSA) is 95.5 Å². The van der Waals surface area contributed by atoms with Crippen LogP contribution in [0.1, 0.15) is 25.6 Å². The number of hydrogen-bond donors (Lipinski definition) is 1. The summed E-state index contributed by atoms with van der Waals surface area (Å²) in [5.74, 6) is -0.105. The summed E-state index contributed by atoms with van der Waals surface area (Å²) in [6, 6.07) is 17.8. The molecule has 34 heavy (non-hydrogen) atoms. The van der Waals surface area contributed by atoms with Crippen LogP contribution in [0.3, 0.4) is 0 Å². The third-order valence-corrected chi connectivity index (χ3v) is 6.86. The highest BCUT2D eigenvalue weighted by molar-refractivity contribution is 7.12. The number of H-pyrrole nitrogens is 1. The number of piperazine rings is 1. The summed E-state index contributed by atoms with van der Waals surface area (Å²) < 4.78 is 1.50. The van der Waals surface area contributed by atoms with Crippen LogP contribution in [-0.2, 0) is 6.54 Å². The number of nitrogens with one attached hydrogen (secondary N) is 1. The van der Waals surface area contributed by atoms with E-state index in [-0.39, 0.29) is 18.4 Å².